The number of rotatable bonds is 4. The second-order valence-corrected chi connectivity index (χ2v) is 10.6. The number of anilines is 1. The van der Waals surface area contributed by atoms with Gasteiger partial charge in [0.05, 0.1) is 22.8 Å². The van der Waals surface area contributed by atoms with E-state index in [1.807, 2.05) is 18.2 Å². The number of pyridine rings is 1. The molecule has 2 aromatic heterocycles. The highest BCUT2D eigenvalue weighted by atomic mass is 19.4. The molecule has 1 saturated heterocycles. The molecule has 2 fully saturated rings. The van der Waals surface area contributed by atoms with E-state index in [2.05, 4.69) is 43.4 Å². The van der Waals surface area contributed by atoms with Crippen LogP contribution in [0.3, 0.4) is 0 Å². The summed E-state index contributed by atoms with van der Waals surface area (Å²) in [4.78, 5) is 9.13. The zero-order valence-corrected chi connectivity index (χ0v) is 21.8. The van der Waals surface area contributed by atoms with E-state index >= 15 is 0 Å². The van der Waals surface area contributed by atoms with E-state index in [0.717, 1.165) is 57.4 Å². The third-order valence-corrected chi connectivity index (χ3v) is 8.35. The number of ether oxygens (including phenoxy) is 1. The van der Waals surface area contributed by atoms with E-state index < -0.39 is 6.36 Å². The van der Waals surface area contributed by atoms with E-state index in [0.29, 0.717) is 34.1 Å². The first kappa shape index (κ1) is 25.5. The Labute approximate surface area is 225 Å². The number of hydrogen-bond acceptors (Lipinski definition) is 5. The van der Waals surface area contributed by atoms with Gasteiger partial charge in [-0.3, -0.25) is 9.88 Å². The Balaban J connectivity index is 1.12. The van der Waals surface area contributed by atoms with Crippen molar-refractivity contribution in [2.75, 3.05) is 31.1 Å². The fourth-order valence-corrected chi connectivity index (χ4v) is 6.48. The van der Waals surface area contributed by atoms with Crippen LogP contribution in [0.4, 0.5) is 18.9 Å². The quantitative estimate of drug-likeness (QED) is 0.306. The Morgan fingerprint density at radius 3 is 2.49 bits per heavy atom. The van der Waals surface area contributed by atoms with Crippen LogP contribution in [0, 0.1) is 11.3 Å². The number of nitrogens with zero attached hydrogens (tertiary/aromatic N) is 5. The van der Waals surface area contributed by atoms with Gasteiger partial charge >= 0.3 is 6.36 Å². The topological polar surface area (TPSA) is 57.3 Å². The molecule has 0 atom stereocenters. The minimum Gasteiger partial charge on any atom is -0.406 e. The lowest BCUT2D eigenvalue weighted by atomic mass is 9.81. The molecule has 9 heteroatoms. The normalized spacial score (nSPS) is 20.8. The molecule has 2 aromatic carbocycles. The molecular weight excluding hydrogens is 503 g/mol. The first-order chi connectivity index (χ1) is 18.8. The lowest BCUT2D eigenvalue weighted by molar-refractivity contribution is -0.274. The first-order valence-electron chi connectivity index (χ1n) is 13.4. The molecule has 6 rings (SSSR count). The maximum Gasteiger partial charge on any atom is 0.573 e. The van der Waals surface area contributed by atoms with E-state index in [1.165, 1.54) is 23.1 Å². The Kier molecular flexibility index (Phi) is 6.59. The average molecular weight is 534 g/mol. The van der Waals surface area contributed by atoms with Crippen LogP contribution in [0.2, 0.25) is 0 Å². The van der Waals surface area contributed by atoms with Crippen LogP contribution in [-0.4, -0.2) is 53.0 Å². The van der Waals surface area contributed by atoms with Crippen LogP contribution in [0.5, 0.6) is 5.75 Å². The Morgan fingerprint density at radius 2 is 1.77 bits per heavy atom. The molecule has 3 heterocycles. The predicted octanol–water partition coefficient (Wildman–Crippen LogP) is 6.35. The highest BCUT2D eigenvalue weighted by Crippen LogP contribution is 2.40. The van der Waals surface area contributed by atoms with Gasteiger partial charge < -0.3 is 14.2 Å². The van der Waals surface area contributed by atoms with Gasteiger partial charge in [-0.1, -0.05) is 6.07 Å². The van der Waals surface area contributed by atoms with Crippen LogP contribution in [0.25, 0.3) is 21.8 Å². The highest BCUT2D eigenvalue weighted by molar-refractivity contribution is 5.92. The minimum absolute atomic E-state index is 0.214. The number of aryl methyl sites for hydroxylation is 1. The summed E-state index contributed by atoms with van der Waals surface area (Å²) in [6, 6.07) is 15.0. The smallest absolute Gasteiger partial charge is 0.406 e. The number of halogens is 3. The molecule has 1 aliphatic heterocycles. The number of aromatic nitrogens is 2. The zero-order valence-electron chi connectivity index (χ0n) is 21.8. The molecule has 0 N–H and O–H groups in total. The largest absolute Gasteiger partial charge is 0.573 e. The van der Waals surface area contributed by atoms with Gasteiger partial charge in [0.2, 0.25) is 0 Å². The van der Waals surface area contributed by atoms with Gasteiger partial charge in [-0.15, -0.1) is 13.2 Å². The summed E-state index contributed by atoms with van der Waals surface area (Å²) in [5, 5.41) is 11.2. The maximum absolute atomic E-state index is 12.9. The van der Waals surface area contributed by atoms with Crippen LogP contribution in [0.15, 0.2) is 54.9 Å². The molecule has 6 nitrogen and oxygen atoms in total. The second kappa shape index (κ2) is 10.1. The minimum atomic E-state index is -4.74. The third-order valence-electron chi connectivity index (χ3n) is 8.35. The van der Waals surface area contributed by atoms with Crippen LogP contribution in [-0.2, 0) is 7.05 Å². The standard InChI is InChI=1S/C30H30F3N5O/c1-36-19-26(25-15-20(18-34)4-9-27(25)36)21-5-7-23(8-6-21)37-11-13-38(14-12-37)28-17-24(39-30(31,32)33)16-22-3-2-10-35-29(22)28/h2-4,9-10,15-17,19,21,23H,5-8,11-14H2,1H3. The summed E-state index contributed by atoms with van der Waals surface area (Å²) in [6.07, 6.45) is 3.58. The summed E-state index contributed by atoms with van der Waals surface area (Å²) in [5.74, 6) is 0.267. The number of nitriles is 1. The summed E-state index contributed by atoms with van der Waals surface area (Å²) < 4.78 is 45.3. The van der Waals surface area contributed by atoms with Crippen LogP contribution < -0.4 is 9.64 Å². The third kappa shape index (κ3) is 5.13. The number of hydrogen-bond donors (Lipinski definition) is 0. The first-order valence-corrected chi connectivity index (χ1v) is 13.4. The maximum atomic E-state index is 12.9. The lowest BCUT2D eigenvalue weighted by Gasteiger charge is -2.42. The fourth-order valence-electron chi connectivity index (χ4n) is 6.48. The Bertz CT molecular complexity index is 1540. The van der Waals surface area contributed by atoms with Crippen molar-refractivity contribution in [3.8, 4) is 11.8 Å². The van der Waals surface area contributed by atoms with Gasteiger partial charge in [0.15, 0.2) is 0 Å². The van der Waals surface area contributed by atoms with Crippen molar-refractivity contribution in [2.24, 2.45) is 7.05 Å². The SMILES string of the molecule is Cn1cc(C2CCC(N3CCN(c4cc(OC(F)(F)F)cc5cccnc45)CC3)CC2)c2cc(C#N)ccc21. The number of benzene rings is 2. The molecule has 0 bridgehead atoms. The van der Waals surface area contributed by atoms with Crippen molar-refractivity contribution in [2.45, 2.75) is 44.0 Å². The fraction of sp³-hybridized carbons (Fsp3) is 0.400. The van der Waals surface area contributed by atoms with Crippen molar-refractivity contribution >= 4 is 27.5 Å². The van der Waals surface area contributed by atoms with Gasteiger partial charge in [-0.2, -0.15) is 5.26 Å². The summed E-state index contributed by atoms with van der Waals surface area (Å²) in [6.45, 7) is 3.16. The van der Waals surface area contributed by atoms with Crippen LogP contribution in [0.1, 0.15) is 42.7 Å². The molecule has 1 saturated carbocycles. The molecule has 0 spiro atoms. The summed E-state index contributed by atoms with van der Waals surface area (Å²) in [5.41, 5.74) is 4.57. The highest BCUT2D eigenvalue weighted by Gasteiger charge is 2.33. The summed E-state index contributed by atoms with van der Waals surface area (Å²) >= 11 is 0. The molecule has 2 aliphatic rings. The lowest BCUT2D eigenvalue weighted by Crippen LogP contribution is -2.51. The Hall–Kier alpha value is -3.77. The predicted molar refractivity (Wildman–Crippen MR) is 145 cm³/mol. The van der Waals surface area contributed by atoms with Crippen molar-refractivity contribution in [1.29, 1.82) is 5.26 Å². The molecule has 39 heavy (non-hydrogen) atoms. The summed E-state index contributed by atoms with van der Waals surface area (Å²) in [7, 11) is 2.06. The molecule has 202 valence electrons. The van der Waals surface area contributed by atoms with Gasteiger partial charge in [0, 0.05) is 74.0 Å². The zero-order chi connectivity index (χ0) is 27.1. The number of piperazine rings is 1. The van der Waals surface area contributed by atoms with Gasteiger partial charge in [-0.05, 0) is 67.5 Å². The average Bonchev–Trinajstić information content (AvgIpc) is 3.27. The molecule has 1 aliphatic carbocycles. The molecule has 4 aromatic rings. The van der Waals surface area contributed by atoms with Gasteiger partial charge in [0.25, 0.3) is 0 Å². The van der Waals surface area contributed by atoms with E-state index in [4.69, 9.17) is 0 Å². The second-order valence-electron chi connectivity index (χ2n) is 10.6. The van der Waals surface area contributed by atoms with Crippen molar-refractivity contribution in [3.63, 3.8) is 0 Å². The molecule has 0 amide bonds. The van der Waals surface area contributed by atoms with E-state index in [1.54, 1.807) is 18.3 Å². The number of alkyl halides is 3. The monoisotopic (exact) mass is 533 g/mol. The molecule has 0 unspecified atom stereocenters. The van der Waals surface area contributed by atoms with E-state index in [9.17, 15) is 18.4 Å². The number of fused-ring (bicyclic) bond motifs is 2. The Morgan fingerprint density at radius 1 is 1.00 bits per heavy atom. The van der Waals surface area contributed by atoms with Gasteiger partial charge in [0.1, 0.15) is 5.75 Å². The van der Waals surface area contributed by atoms with Crippen molar-refractivity contribution in [3.05, 3.63) is 66.0 Å². The van der Waals surface area contributed by atoms with Gasteiger partial charge in [-0.25, -0.2) is 0 Å². The van der Waals surface area contributed by atoms with E-state index in [-0.39, 0.29) is 5.75 Å². The molecular formula is C30H30F3N5O. The van der Waals surface area contributed by atoms with Crippen molar-refractivity contribution in [1.82, 2.24) is 14.5 Å². The van der Waals surface area contributed by atoms with Crippen molar-refractivity contribution < 1.29 is 17.9 Å². The van der Waals surface area contributed by atoms with Crippen LogP contribution >= 0.6 is 0 Å². The molecule has 0 radical (unpaired) electrons.